The predicted molar refractivity (Wildman–Crippen MR) is 136 cm³/mol. The summed E-state index contributed by atoms with van der Waals surface area (Å²) in [5, 5.41) is 31.0. The fraction of sp³-hybridized carbons (Fsp3) is 0.750. The zero-order valence-electron chi connectivity index (χ0n) is 22.2. The molecular formula is C28H46O7. The van der Waals surface area contributed by atoms with Gasteiger partial charge in [0.2, 0.25) is 0 Å². The second kappa shape index (κ2) is 13.7. The topological polar surface area (TPSA) is 109 Å². The van der Waals surface area contributed by atoms with E-state index in [1.165, 1.54) is 13.0 Å². The average Bonchev–Trinajstić information content (AvgIpc) is 3.56. The Kier molecular flexibility index (Phi) is 11.6. The van der Waals surface area contributed by atoms with E-state index in [4.69, 9.17) is 14.2 Å². The van der Waals surface area contributed by atoms with Gasteiger partial charge in [-0.1, -0.05) is 58.1 Å². The third kappa shape index (κ3) is 9.47. The molecule has 200 valence electrons. The van der Waals surface area contributed by atoms with Gasteiger partial charge in [-0.3, -0.25) is 4.79 Å². The minimum atomic E-state index is -1.38. The normalized spacial score (nSPS) is 38.4. The fourth-order valence-corrected chi connectivity index (χ4v) is 4.67. The summed E-state index contributed by atoms with van der Waals surface area (Å²) in [6, 6.07) is 0. The Hall–Kier alpha value is -1.51. The standard InChI is InChI=1S/C28H46O7/c1-7-22(33-6)20(4)27-24(35-27)16-18(2)10-8-9-11-23-19(3)12-13-25(30)28(5,32)15-14-21(29)17-26(31)34-23/h8-13,18-25,27,29-30,32H,7,14-17H2,1-6H3/b10-8+,11-9+,13-12+. The van der Waals surface area contributed by atoms with Gasteiger partial charge >= 0.3 is 5.97 Å². The molecule has 0 aliphatic carbocycles. The Bertz CT molecular complexity index is 740. The third-order valence-electron chi connectivity index (χ3n) is 7.29. The molecule has 2 aliphatic rings. The van der Waals surface area contributed by atoms with E-state index in [-0.39, 0.29) is 43.5 Å². The largest absolute Gasteiger partial charge is 0.457 e. The molecule has 1 saturated heterocycles. The summed E-state index contributed by atoms with van der Waals surface area (Å²) in [7, 11) is 1.75. The van der Waals surface area contributed by atoms with Gasteiger partial charge in [0.15, 0.2) is 0 Å². The van der Waals surface area contributed by atoms with Crippen molar-refractivity contribution in [3.05, 3.63) is 36.5 Å². The lowest BCUT2D eigenvalue weighted by Crippen LogP contribution is -2.39. The monoisotopic (exact) mass is 494 g/mol. The molecule has 35 heavy (non-hydrogen) atoms. The number of carbonyl (C=O) groups is 1. The maximum atomic E-state index is 12.3. The van der Waals surface area contributed by atoms with Crippen LogP contribution >= 0.6 is 0 Å². The number of carbonyl (C=O) groups excluding carboxylic acids is 1. The van der Waals surface area contributed by atoms with Crippen molar-refractivity contribution in [2.45, 2.75) is 109 Å². The van der Waals surface area contributed by atoms with Crippen LogP contribution in [0.4, 0.5) is 0 Å². The number of allylic oxidation sites excluding steroid dienone is 3. The van der Waals surface area contributed by atoms with Gasteiger partial charge in [0, 0.05) is 18.9 Å². The summed E-state index contributed by atoms with van der Waals surface area (Å²) in [5.74, 6) is -0.0132. The average molecular weight is 495 g/mol. The quantitative estimate of drug-likeness (QED) is 0.194. The lowest BCUT2D eigenvalue weighted by Gasteiger charge is -2.29. The maximum Gasteiger partial charge on any atom is 0.309 e. The van der Waals surface area contributed by atoms with Crippen LogP contribution in [0.2, 0.25) is 0 Å². The Morgan fingerprint density at radius 2 is 1.97 bits per heavy atom. The molecule has 10 unspecified atom stereocenters. The number of methoxy groups -OCH3 is 1. The summed E-state index contributed by atoms with van der Waals surface area (Å²) in [4.78, 5) is 12.3. The van der Waals surface area contributed by atoms with Crippen molar-refractivity contribution in [2.24, 2.45) is 17.8 Å². The lowest BCUT2D eigenvalue weighted by atomic mass is 9.89. The first-order valence-electron chi connectivity index (χ1n) is 13.0. The van der Waals surface area contributed by atoms with E-state index in [0.29, 0.717) is 11.8 Å². The first kappa shape index (κ1) is 29.7. The Morgan fingerprint density at radius 1 is 1.26 bits per heavy atom. The molecule has 2 rings (SSSR count). The number of epoxide rings is 1. The van der Waals surface area contributed by atoms with Crippen molar-refractivity contribution in [1.29, 1.82) is 0 Å². The lowest BCUT2D eigenvalue weighted by molar-refractivity contribution is -0.151. The number of hydrogen-bond acceptors (Lipinski definition) is 7. The molecule has 0 radical (unpaired) electrons. The molecule has 0 aromatic heterocycles. The summed E-state index contributed by atoms with van der Waals surface area (Å²) in [5.41, 5.74) is -1.38. The predicted octanol–water partition coefficient (Wildman–Crippen LogP) is 3.71. The highest BCUT2D eigenvalue weighted by atomic mass is 16.6. The van der Waals surface area contributed by atoms with Crippen LogP contribution in [0.5, 0.6) is 0 Å². The molecule has 3 N–H and O–H groups in total. The molecule has 0 amide bonds. The van der Waals surface area contributed by atoms with Gasteiger partial charge in [-0.05, 0) is 44.6 Å². The van der Waals surface area contributed by atoms with Gasteiger partial charge in [-0.15, -0.1) is 0 Å². The molecule has 0 saturated carbocycles. The van der Waals surface area contributed by atoms with Crippen LogP contribution in [0.1, 0.15) is 66.7 Å². The van der Waals surface area contributed by atoms with Crippen LogP contribution in [-0.4, -0.2) is 70.6 Å². The number of aliphatic hydroxyl groups is 3. The Labute approximate surface area is 210 Å². The van der Waals surface area contributed by atoms with E-state index in [2.05, 4.69) is 26.8 Å². The Morgan fingerprint density at radius 3 is 2.63 bits per heavy atom. The molecule has 7 heteroatoms. The van der Waals surface area contributed by atoms with Crippen molar-refractivity contribution in [3.63, 3.8) is 0 Å². The molecule has 2 aliphatic heterocycles. The molecule has 0 aromatic rings. The van der Waals surface area contributed by atoms with Gasteiger partial charge in [0.25, 0.3) is 0 Å². The molecule has 2 heterocycles. The minimum Gasteiger partial charge on any atom is -0.457 e. The molecule has 0 bridgehead atoms. The summed E-state index contributed by atoms with van der Waals surface area (Å²) >= 11 is 0. The number of aliphatic hydroxyl groups excluding tert-OH is 2. The zero-order chi connectivity index (χ0) is 26.2. The van der Waals surface area contributed by atoms with Gasteiger partial charge in [0.05, 0.1) is 36.4 Å². The van der Waals surface area contributed by atoms with Crippen molar-refractivity contribution in [1.82, 2.24) is 0 Å². The van der Waals surface area contributed by atoms with E-state index in [1.807, 2.05) is 25.2 Å². The van der Waals surface area contributed by atoms with E-state index in [1.54, 1.807) is 13.2 Å². The van der Waals surface area contributed by atoms with E-state index < -0.39 is 29.9 Å². The van der Waals surface area contributed by atoms with Gasteiger partial charge in [-0.25, -0.2) is 0 Å². The van der Waals surface area contributed by atoms with Crippen molar-refractivity contribution >= 4 is 5.97 Å². The van der Waals surface area contributed by atoms with Crippen LogP contribution < -0.4 is 0 Å². The maximum absolute atomic E-state index is 12.3. The number of ether oxygens (including phenoxy) is 3. The summed E-state index contributed by atoms with van der Waals surface area (Å²) in [6.45, 7) is 9.87. The fourth-order valence-electron chi connectivity index (χ4n) is 4.67. The number of rotatable bonds is 9. The molecule has 0 aromatic carbocycles. The smallest absolute Gasteiger partial charge is 0.309 e. The number of cyclic esters (lactones) is 1. The summed E-state index contributed by atoms with van der Waals surface area (Å²) in [6.07, 6.45) is 11.3. The molecular weight excluding hydrogens is 448 g/mol. The van der Waals surface area contributed by atoms with Crippen LogP contribution in [0.3, 0.4) is 0 Å². The summed E-state index contributed by atoms with van der Waals surface area (Å²) < 4.78 is 17.1. The molecule has 7 nitrogen and oxygen atoms in total. The van der Waals surface area contributed by atoms with Crippen LogP contribution in [0.25, 0.3) is 0 Å². The van der Waals surface area contributed by atoms with Crippen LogP contribution in [-0.2, 0) is 19.0 Å². The first-order valence-corrected chi connectivity index (χ1v) is 13.0. The highest BCUT2D eigenvalue weighted by Gasteiger charge is 2.45. The second-order valence-corrected chi connectivity index (χ2v) is 10.6. The highest BCUT2D eigenvalue weighted by molar-refractivity contribution is 5.70. The number of hydrogen-bond donors (Lipinski definition) is 3. The first-order chi connectivity index (χ1) is 16.5. The van der Waals surface area contributed by atoms with Crippen LogP contribution in [0, 0.1) is 17.8 Å². The van der Waals surface area contributed by atoms with Gasteiger partial charge in [0.1, 0.15) is 12.2 Å². The molecule has 1 fully saturated rings. The molecule has 10 atom stereocenters. The minimum absolute atomic E-state index is 0.150. The van der Waals surface area contributed by atoms with Gasteiger partial charge in [-0.2, -0.15) is 0 Å². The van der Waals surface area contributed by atoms with Crippen LogP contribution in [0.15, 0.2) is 36.5 Å². The second-order valence-electron chi connectivity index (χ2n) is 10.6. The number of esters is 1. The van der Waals surface area contributed by atoms with E-state index in [0.717, 1.165) is 12.8 Å². The van der Waals surface area contributed by atoms with Crippen molar-refractivity contribution in [2.75, 3.05) is 7.11 Å². The van der Waals surface area contributed by atoms with E-state index in [9.17, 15) is 20.1 Å². The Balaban J connectivity index is 1.96. The third-order valence-corrected chi connectivity index (χ3v) is 7.29. The van der Waals surface area contributed by atoms with E-state index >= 15 is 0 Å². The van der Waals surface area contributed by atoms with Gasteiger partial charge < -0.3 is 29.5 Å². The highest BCUT2D eigenvalue weighted by Crippen LogP contribution is 2.37. The van der Waals surface area contributed by atoms with Crippen molar-refractivity contribution in [3.8, 4) is 0 Å². The zero-order valence-corrected chi connectivity index (χ0v) is 22.2. The van der Waals surface area contributed by atoms with Crippen molar-refractivity contribution < 1.29 is 34.3 Å². The SMILES string of the molecule is CCC(OC)C(C)C1OC1CC(C)/C=C/C=C/C1OC(=O)CC(O)CCC(C)(O)C(O)/C=C/C1C. The molecule has 0 spiro atoms.